The van der Waals surface area contributed by atoms with E-state index in [0.29, 0.717) is 6.04 Å². The van der Waals surface area contributed by atoms with Crippen LogP contribution in [-0.4, -0.2) is 28.9 Å². The molecule has 1 N–H and O–H groups in total. The van der Waals surface area contributed by atoms with Gasteiger partial charge in [-0.1, -0.05) is 72.8 Å². The molecular formula is C23H31N4S+. The molecule has 0 aliphatic rings. The van der Waals surface area contributed by atoms with E-state index in [0.717, 1.165) is 29.7 Å². The van der Waals surface area contributed by atoms with Gasteiger partial charge in [-0.3, -0.25) is 4.57 Å². The molecule has 3 aromatic rings. The molecule has 0 unspecified atom stereocenters. The first-order valence-electron chi connectivity index (χ1n) is 9.95. The summed E-state index contributed by atoms with van der Waals surface area (Å²) < 4.78 is 2.31. The highest BCUT2D eigenvalue weighted by molar-refractivity contribution is 7.98. The van der Waals surface area contributed by atoms with Crippen LogP contribution in [0.5, 0.6) is 0 Å². The number of quaternary nitrogens is 1. The Labute approximate surface area is 173 Å². The van der Waals surface area contributed by atoms with E-state index in [4.69, 9.17) is 0 Å². The van der Waals surface area contributed by atoms with Crippen LogP contribution in [0.25, 0.3) is 0 Å². The molecule has 148 valence electrons. The van der Waals surface area contributed by atoms with Gasteiger partial charge in [0.1, 0.15) is 6.04 Å². The molecule has 28 heavy (non-hydrogen) atoms. The second kappa shape index (κ2) is 9.39. The molecular weight excluding hydrogens is 364 g/mol. The Kier molecular flexibility index (Phi) is 6.92. The van der Waals surface area contributed by atoms with E-state index in [1.165, 1.54) is 27.2 Å². The molecule has 3 rings (SSSR count). The molecule has 1 heterocycles. The lowest BCUT2D eigenvalue weighted by Crippen LogP contribution is -3.06. The van der Waals surface area contributed by atoms with Gasteiger partial charge in [-0.25, -0.2) is 0 Å². The quantitative estimate of drug-likeness (QED) is 0.589. The molecule has 0 radical (unpaired) electrons. The molecule has 0 spiro atoms. The van der Waals surface area contributed by atoms with Crippen molar-refractivity contribution >= 4 is 11.8 Å². The highest BCUT2D eigenvalue weighted by Gasteiger charge is 2.25. The van der Waals surface area contributed by atoms with Gasteiger partial charge < -0.3 is 4.90 Å². The van der Waals surface area contributed by atoms with Crippen LogP contribution in [0.2, 0.25) is 0 Å². The smallest absolute Gasteiger partial charge is 0.192 e. The fraction of sp³-hybridized carbons (Fsp3) is 0.391. The molecule has 0 aliphatic heterocycles. The van der Waals surface area contributed by atoms with Crippen molar-refractivity contribution in [1.29, 1.82) is 0 Å². The van der Waals surface area contributed by atoms with Gasteiger partial charge in [0.05, 0.1) is 20.6 Å². The third-order valence-corrected chi connectivity index (χ3v) is 6.22. The Morgan fingerprint density at radius 2 is 1.79 bits per heavy atom. The van der Waals surface area contributed by atoms with Gasteiger partial charge >= 0.3 is 0 Å². The van der Waals surface area contributed by atoms with Crippen LogP contribution >= 0.6 is 11.8 Å². The Morgan fingerprint density at radius 3 is 2.46 bits per heavy atom. The Hall–Kier alpha value is -2.11. The molecule has 2 aromatic carbocycles. The summed E-state index contributed by atoms with van der Waals surface area (Å²) in [6, 6.07) is 17.6. The molecule has 0 amide bonds. The summed E-state index contributed by atoms with van der Waals surface area (Å²) in [4.78, 5) is 1.38. The van der Waals surface area contributed by atoms with Crippen LogP contribution in [0.15, 0.2) is 53.7 Å². The standard InChI is InChI=1S/C23H30N4S/c1-6-21(26(4)5)22-24-25-23(27(22)15-19-10-8-7-9-11-19)28-16-20-14-17(2)12-13-18(20)3/h7-14,21H,6,15-16H2,1-5H3/p+1/t21-/m0/s1. The van der Waals surface area contributed by atoms with E-state index in [9.17, 15) is 0 Å². The zero-order valence-corrected chi connectivity index (χ0v) is 18.4. The maximum absolute atomic E-state index is 4.63. The average Bonchev–Trinajstić information content (AvgIpc) is 3.06. The van der Waals surface area contributed by atoms with E-state index < -0.39 is 0 Å². The van der Waals surface area contributed by atoms with Crippen molar-refractivity contribution in [3.8, 4) is 0 Å². The number of rotatable bonds is 8. The third kappa shape index (κ3) is 4.83. The minimum absolute atomic E-state index is 0.339. The summed E-state index contributed by atoms with van der Waals surface area (Å²) >= 11 is 1.78. The zero-order valence-electron chi connectivity index (χ0n) is 17.6. The lowest BCUT2D eigenvalue weighted by atomic mass is 10.1. The SMILES string of the molecule is CC[C@@H](c1nnc(SCc2cc(C)ccc2C)n1Cc1ccccc1)[NH+](C)C. The first-order chi connectivity index (χ1) is 13.5. The zero-order chi connectivity index (χ0) is 20.1. The first kappa shape index (κ1) is 20.6. The Balaban J connectivity index is 1.91. The van der Waals surface area contributed by atoms with Gasteiger partial charge in [0.2, 0.25) is 0 Å². The molecule has 1 aromatic heterocycles. The first-order valence-corrected chi connectivity index (χ1v) is 10.9. The molecule has 4 nitrogen and oxygen atoms in total. The minimum Gasteiger partial charge on any atom is -0.331 e. The topological polar surface area (TPSA) is 35.1 Å². The Bertz CT molecular complexity index is 902. The molecule has 0 aliphatic carbocycles. The molecule has 1 atom stereocenters. The molecule has 5 heteroatoms. The van der Waals surface area contributed by atoms with Gasteiger partial charge in [-0.05, 0) is 30.5 Å². The van der Waals surface area contributed by atoms with Gasteiger partial charge in [-0.2, -0.15) is 0 Å². The highest BCUT2D eigenvalue weighted by atomic mass is 32.2. The van der Waals surface area contributed by atoms with Crippen molar-refractivity contribution in [1.82, 2.24) is 14.8 Å². The number of thioether (sulfide) groups is 1. The summed E-state index contributed by atoms with van der Waals surface area (Å²) in [5, 5.41) is 10.2. The monoisotopic (exact) mass is 395 g/mol. The molecule has 0 saturated heterocycles. The number of nitrogens with one attached hydrogen (secondary N) is 1. The van der Waals surface area contributed by atoms with E-state index >= 15 is 0 Å². The van der Waals surface area contributed by atoms with Crippen molar-refractivity contribution < 1.29 is 4.90 Å². The maximum Gasteiger partial charge on any atom is 0.192 e. The summed E-state index contributed by atoms with van der Waals surface area (Å²) in [6.07, 6.45) is 1.04. The number of benzene rings is 2. The summed E-state index contributed by atoms with van der Waals surface area (Å²) in [7, 11) is 4.39. The van der Waals surface area contributed by atoms with Crippen molar-refractivity contribution in [3.63, 3.8) is 0 Å². The predicted octanol–water partition coefficient (Wildman–Crippen LogP) is 3.83. The van der Waals surface area contributed by atoms with Gasteiger partial charge in [-0.15, -0.1) is 10.2 Å². The van der Waals surface area contributed by atoms with Gasteiger partial charge in [0.15, 0.2) is 11.0 Å². The largest absolute Gasteiger partial charge is 0.331 e. The van der Waals surface area contributed by atoms with Gasteiger partial charge in [0, 0.05) is 12.2 Å². The fourth-order valence-corrected chi connectivity index (χ4v) is 4.53. The number of hydrogen-bond donors (Lipinski definition) is 1. The van der Waals surface area contributed by atoms with Crippen molar-refractivity contribution in [2.75, 3.05) is 14.1 Å². The van der Waals surface area contributed by atoms with E-state index in [1.54, 1.807) is 11.8 Å². The van der Waals surface area contributed by atoms with Crippen LogP contribution in [-0.2, 0) is 12.3 Å². The number of aryl methyl sites for hydroxylation is 2. The van der Waals surface area contributed by atoms with Gasteiger partial charge in [0.25, 0.3) is 0 Å². The number of hydrogen-bond acceptors (Lipinski definition) is 3. The average molecular weight is 396 g/mol. The molecule has 0 saturated carbocycles. The van der Waals surface area contributed by atoms with E-state index in [-0.39, 0.29) is 0 Å². The van der Waals surface area contributed by atoms with Crippen molar-refractivity contribution in [2.45, 2.75) is 50.7 Å². The predicted molar refractivity (Wildman–Crippen MR) is 117 cm³/mol. The number of aromatic nitrogens is 3. The third-order valence-electron chi connectivity index (χ3n) is 5.21. The van der Waals surface area contributed by atoms with Crippen LogP contribution < -0.4 is 4.90 Å². The van der Waals surface area contributed by atoms with E-state index in [2.05, 4.69) is 98.2 Å². The summed E-state index contributed by atoms with van der Waals surface area (Å²) in [5.74, 6) is 1.99. The second-order valence-electron chi connectivity index (χ2n) is 7.67. The summed E-state index contributed by atoms with van der Waals surface area (Å²) in [5.41, 5.74) is 5.28. The van der Waals surface area contributed by atoms with E-state index in [1.807, 2.05) is 0 Å². The second-order valence-corrected chi connectivity index (χ2v) is 8.61. The van der Waals surface area contributed by atoms with Crippen molar-refractivity contribution in [3.05, 3.63) is 76.6 Å². The lowest BCUT2D eigenvalue weighted by molar-refractivity contribution is -0.893. The highest BCUT2D eigenvalue weighted by Crippen LogP contribution is 2.27. The van der Waals surface area contributed by atoms with Crippen LogP contribution in [0.3, 0.4) is 0 Å². The number of nitrogens with zero attached hydrogens (tertiary/aromatic N) is 3. The molecule has 0 bridgehead atoms. The van der Waals surface area contributed by atoms with Crippen LogP contribution in [0.1, 0.15) is 47.5 Å². The fourth-order valence-electron chi connectivity index (χ4n) is 3.53. The molecule has 0 fully saturated rings. The Morgan fingerprint density at radius 1 is 1.04 bits per heavy atom. The normalized spacial score (nSPS) is 12.5. The summed E-state index contributed by atoms with van der Waals surface area (Å²) in [6.45, 7) is 7.36. The minimum atomic E-state index is 0.339. The lowest BCUT2D eigenvalue weighted by Gasteiger charge is -2.20. The van der Waals surface area contributed by atoms with Crippen LogP contribution in [0.4, 0.5) is 0 Å². The maximum atomic E-state index is 4.63. The van der Waals surface area contributed by atoms with Crippen molar-refractivity contribution in [2.24, 2.45) is 0 Å². The van der Waals surface area contributed by atoms with Crippen LogP contribution in [0, 0.1) is 13.8 Å².